The molecule has 1 heterocycles. The van der Waals surface area contributed by atoms with E-state index in [9.17, 15) is 4.79 Å². The van der Waals surface area contributed by atoms with Gasteiger partial charge in [0.15, 0.2) is 0 Å². The van der Waals surface area contributed by atoms with E-state index in [0.717, 1.165) is 61.6 Å². The third-order valence-electron chi connectivity index (χ3n) is 7.68. The van der Waals surface area contributed by atoms with Gasteiger partial charge in [0.05, 0.1) is 14.2 Å². The number of hydrogen-bond donors (Lipinski definition) is 0. The zero-order valence-corrected chi connectivity index (χ0v) is 22.3. The summed E-state index contributed by atoms with van der Waals surface area (Å²) in [6.07, 6.45) is 1.61. The molecule has 1 aliphatic heterocycles. The van der Waals surface area contributed by atoms with Gasteiger partial charge >= 0.3 is 0 Å². The minimum atomic E-state index is -0.483. The molecular formula is C30H39N3O3. The summed E-state index contributed by atoms with van der Waals surface area (Å²) >= 11 is 0. The first-order chi connectivity index (χ1) is 17.4. The highest BCUT2D eigenvalue weighted by Gasteiger charge is 2.45. The Kier molecular flexibility index (Phi) is 8.17. The van der Waals surface area contributed by atoms with Crippen LogP contribution in [0.25, 0.3) is 10.8 Å². The summed E-state index contributed by atoms with van der Waals surface area (Å²) in [6.45, 7) is 6.10. The topological polar surface area (TPSA) is 45.3 Å². The molecule has 1 amide bonds. The fraction of sp³-hybridized carbons (Fsp3) is 0.433. The summed E-state index contributed by atoms with van der Waals surface area (Å²) in [7, 11) is 7.38. The Bertz CT molecular complexity index is 1160. The molecule has 0 aromatic heterocycles. The normalized spacial score (nSPS) is 15.7. The molecule has 0 atom stereocenters. The van der Waals surface area contributed by atoms with Crippen LogP contribution in [0, 0.1) is 0 Å². The molecule has 0 N–H and O–H groups in total. The van der Waals surface area contributed by atoms with Crippen molar-refractivity contribution in [1.29, 1.82) is 0 Å². The second kappa shape index (κ2) is 11.3. The van der Waals surface area contributed by atoms with Gasteiger partial charge in [-0.3, -0.25) is 14.6 Å². The largest absolute Gasteiger partial charge is 0.497 e. The van der Waals surface area contributed by atoms with Crippen LogP contribution < -0.4 is 9.47 Å². The first-order valence-corrected chi connectivity index (χ1v) is 12.8. The number of likely N-dealkylation sites (tertiary alicyclic amines) is 1. The monoisotopic (exact) mass is 489 g/mol. The molecular weight excluding hydrogens is 450 g/mol. The Morgan fingerprint density at radius 1 is 0.889 bits per heavy atom. The standard InChI is InChI=1S/C30H39N3O3/c1-6-32(3)30(29(34)31(2)21-23-11-12-25-9-7-8-10-26(25)17-23)13-15-33(16-14-30)22-24-18-27(35-4)20-28(19-24)36-5/h7-12,17-20H,6,13-16,21-22H2,1-5H3. The van der Waals surface area contributed by atoms with Crippen LogP contribution in [-0.2, 0) is 17.9 Å². The number of ether oxygens (including phenoxy) is 2. The van der Waals surface area contributed by atoms with Crippen molar-refractivity contribution in [1.82, 2.24) is 14.7 Å². The van der Waals surface area contributed by atoms with E-state index in [1.54, 1.807) is 14.2 Å². The van der Waals surface area contributed by atoms with Crippen molar-refractivity contribution in [2.75, 3.05) is 47.9 Å². The van der Waals surface area contributed by atoms with Gasteiger partial charge in [-0.1, -0.05) is 43.3 Å². The maximum atomic E-state index is 14.0. The van der Waals surface area contributed by atoms with Gasteiger partial charge in [-0.15, -0.1) is 0 Å². The van der Waals surface area contributed by atoms with E-state index in [-0.39, 0.29) is 5.91 Å². The Morgan fingerprint density at radius 3 is 2.14 bits per heavy atom. The van der Waals surface area contributed by atoms with E-state index in [0.29, 0.717) is 6.54 Å². The fourth-order valence-corrected chi connectivity index (χ4v) is 5.40. The third-order valence-corrected chi connectivity index (χ3v) is 7.68. The number of likely N-dealkylation sites (N-methyl/N-ethyl adjacent to an activating group) is 2. The fourth-order valence-electron chi connectivity index (χ4n) is 5.40. The number of carbonyl (C=O) groups is 1. The summed E-state index contributed by atoms with van der Waals surface area (Å²) < 4.78 is 10.9. The smallest absolute Gasteiger partial charge is 0.243 e. The number of methoxy groups -OCH3 is 2. The Labute approximate surface area is 215 Å². The molecule has 0 unspecified atom stereocenters. The molecule has 3 aromatic rings. The van der Waals surface area contributed by atoms with Crippen molar-refractivity contribution in [2.24, 2.45) is 0 Å². The Balaban J connectivity index is 1.46. The molecule has 0 saturated carbocycles. The lowest BCUT2D eigenvalue weighted by Crippen LogP contribution is -2.62. The van der Waals surface area contributed by atoms with E-state index < -0.39 is 5.54 Å². The zero-order valence-electron chi connectivity index (χ0n) is 22.3. The molecule has 3 aromatic carbocycles. The van der Waals surface area contributed by atoms with E-state index in [4.69, 9.17) is 9.47 Å². The van der Waals surface area contributed by atoms with Crippen molar-refractivity contribution in [3.8, 4) is 11.5 Å². The SMILES string of the molecule is CCN(C)C1(C(=O)N(C)Cc2ccc3ccccc3c2)CCN(Cc2cc(OC)cc(OC)c2)CC1. The molecule has 6 heteroatoms. The lowest BCUT2D eigenvalue weighted by Gasteiger charge is -2.47. The number of carbonyl (C=O) groups excluding carboxylic acids is 1. The first kappa shape index (κ1) is 26.0. The van der Waals surface area contributed by atoms with Crippen molar-refractivity contribution < 1.29 is 14.3 Å². The molecule has 192 valence electrons. The van der Waals surface area contributed by atoms with Crippen LogP contribution in [0.3, 0.4) is 0 Å². The van der Waals surface area contributed by atoms with E-state index in [2.05, 4.69) is 78.4 Å². The molecule has 4 rings (SSSR count). The highest BCUT2D eigenvalue weighted by atomic mass is 16.5. The van der Waals surface area contributed by atoms with Crippen molar-refractivity contribution in [3.05, 3.63) is 71.8 Å². The van der Waals surface area contributed by atoms with Crippen LogP contribution in [0.4, 0.5) is 0 Å². The maximum absolute atomic E-state index is 14.0. The minimum Gasteiger partial charge on any atom is -0.497 e. The zero-order chi connectivity index (χ0) is 25.7. The highest BCUT2D eigenvalue weighted by molar-refractivity contribution is 5.87. The molecule has 0 spiro atoms. The predicted molar refractivity (Wildman–Crippen MR) is 146 cm³/mol. The summed E-state index contributed by atoms with van der Waals surface area (Å²) in [5.41, 5.74) is 1.83. The van der Waals surface area contributed by atoms with E-state index in [1.165, 1.54) is 10.8 Å². The van der Waals surface area contributed by atoms with E-state index >= 15 is 0 Å². The van der Waals surface area contributed by atoms with Crippen molar-refractivity contribution in [2.45, 2.75) is 38.4 Å². The van der Waals surface area contributed by atoms with Crippen molar-refractivity contribution >= 4 is 16.7 Å². The summed E-state index contributed by atoms with van der Waals surface area (Å²) in [5, 5.41) is 2.43. The average molecular weight is 490 g/mol. The minimum absolute atomic E-state index is 0.211. The summed E-state index contributed by atoms with van der Waals surface area (Å²) in [4.78, 5) is 20.5. The number of fused-ring (bicyclic) bond motifs is 1. The second-order valence-electron chi connectivity index (χ2n) is 9.89. The number of piperidine rings is 1. The average Bonchev–Trinajstić information content (AvgIpc) is 2.92. The van der Waals surface area contributed by atoms with Gasteiger partial charge in [-0.25, -0.2) is 0 Å². The quantitative estimate of drug-likeness (QED) is 0.432. The van der Waals surface area contributed by atoms with Gasteiger partial charge in [-0.05, 0) is 66.5 Å². The van der Waals surface area contributed by atoms with Crippen LogP contribution in [-0.4, -0.2) is 74.1 Å². The van der Waals surface area contributed by atoms with E-state index in [1.807, 2.05) is 18.0 Å². The summed E-state index contributed by atoms with van der Waals surface area (Å²) in [6, 6.07) is 20.8. The van der Waals surface area contributed by atoms with Crippen LogP contribution >= 0.6 is 0 Å². The van der Waals surface area contributed by atoms with Crippen LogP contribution in [0.1, 0.15) is 30.9 Å². The number of nitrogens with zero attached hydrogens (tertiary/aromatic N) is 3. The van der Waals surface area contributed by atoms with Gasteiger partial charge in [-0.2, -0.15) is 0 Å². The molecule has 1 saturated heterocycles. The van der Waals surface area contributed by atoms with Gasteiger partial charge in [0.25, 0.3) is 0 Å². The highest BCUT2D eigenvalue weighted by Crippen LogP contribution is 2.32. The maximum Gasteiger partial charge on any atom is 0.243 e. The number of amides is 1. The number of hydrogen-bond acceptors (Lipinski definition) is 5. The second-order valence-corrected chi connectivity index (χ2v) is 9.89. The lowest BCUT2D eigenvalue weighted by atomic mass is 9.84. The predicted octanol–water partition coefficient (Wildman–Crippen LogP) is 4.80. The molecule has 0 bridgehead atoms. The van der Waals surface area contributed by atoms with Gasteiger partial charge in [0, 0.05) is 39.3 Å². The Hall–Kier alpha value is -3.09. The van der Waals surface area contributed by atoms with Crippen LogP contribution in [0.5, 0.6) is 11.5 Å². The first-order valence-electron chi connectivity index (χ1n) is 12.8. The van der Waals surface area contributed by atoms with Gasteiger partial charge in [0.2, 0.25) is 5.91 Å². The molecule has 0 aliphatic carbocycles. The number of benzene rings is 3. The molecule has 1 fully saturated rings. The molecule has 0 radical (unpaired) electrons. The van der Waals surface area contributed by atoms with Gasteiger partial charge in [0.1, 0.15) is 17.0 Å². The third kappa shape index (κ3) is 5.50. The lowest BCUT2D eigenvalue weighted by molar-refractivity contribution is -0.146. The molecule has 36 heavy (non-hydrogen) atoms. The molecule has 1 aliphatic rings. The van der Waals surface area contributed by atoms with Crippen LogP contribution in [0.15, 0.2) is 60.7 Å². The van der Waals surface area contributed by atoms with Gasteiger partial charge < -0.3 is 14.4 Å². The van der Waals surface area contributed by atoms with Crippen molar-refractivity contribution in [3.63, 3.8) is 0 Å². The molecule has 6 nitrogen and oxygen atoms in total. The van der Waals surface area contributed by atoms with Crippen LogP contribution in [0.2, 0.25) is 0 Å². The Morgan fingerprint density at radius 2 is 1.53 bits per heavy atom. The number of rotatable bonds is 9. The summed E-state index contributed by atoms with van der Waals surface area (Å²) in [5.74, 6) is 1.81.